The van der Waals surface area contributed by atoms with Crippen LogP contribution >= 0.6 is 0 Å². The van der Waals surface area contributed by atoms with Gasteiger partial charge >= 0.3 is 0 Å². The zero-order valence-electron chi connectivity index (χ0n) is 17.9. The van der Waals surface area contributed by atoms with Crippen LogP contribution in [0.1, 0.15) is 33.5 Å². The molecule has 0 fully saturated rings. The molecule has 0 aliphatic rings. The fraction of sp³-hybridized carbons (Fsp3) is 0.250. The zero-order chi connectivity index (χ0) is 22.7. The average Bonchev–Trinajstić information content (AvgIpc) is 3.46. The summed E-state index contributed by atoms with van der Waals surface area (Å²) >= 11 is 0. The quantitative estimate of drug-likeness (QED) is 0.441. The Morgan fingerprint density at radius 1 is 1.22 bits per heavy atom. The lowest BCUT2D eigenvalue weighted by Gasteiger charge is -2.18. The number of furan rings is 2. The Balaban J connectivity index is 1.50. The second-order valence-electron chi connectivity index (χ2n) is 7.81. The summed E-state index contributed by atoms with van der Waals surface area (Å²) in [4.78, 5) is 27.5. The number of nitrogens with one attached hydrogen (secondary N) is 1. The molecule has 3 heterocycles. The molecular weight excluding hydrogens is 410 g/mol. The largest absolute Gasteiger partial charge is 0.467 e. The molecule has 4 rings (SSSR count). The maximum atomic E-state index is 13.0. The summed E-state index contributed by atoms with van der Waals surface area (Å²) in [6.07, 6.45) is 2.23. The highest BCUT2D eigenvalue weighted by molar-refractivity contribution is 5.96. The molecule has 0 radical (unpaired) electrons. The molecule has 0 aliphatic heterocycles. The van der Waals surface area contributed by atoms with Crippen molar-refractivity contribution in [1.29, 1.82) is 0 Å². The van der Waals surface area contributed by atoms with Crippen LogP contribution < -0.4 is 10.7 Å². The Kier molecular flexibility index (Phi) is 6.25. The van der Waals surface area contributed by atoms with E-state index in [0.717, 1.165) is 5.56 Å². The van der Waals surface area contributed by atoms with Crippen molar-refractivity contribution in [3.05, 3.63) is 93.9 Å². The molecule has 166 valence electrons. The monoisotopic (exact) mass is 435 g/mol. The van der Waals surface area contributed by atoms with Crippen LogP contribution in [-0.2, 0) is 20.1 Å². The number of hydrogen-bond acceptors (Lipinski definition) is 6. The summed E-state index contributed by atoms with van der Waals surface area (Å²) in [6, 6.07) is 14.6. The molecule has 8 heteroatoms. The number of amides is 1. The fourth-order valence-electron chi connectivity index (χ4n) is 3.62. The molecule has 1 amide bonds. The summed E-state index contributed by atoms with van der Waals surface area (Å²) in [5.41, 5.74) is 1.02. The zero-order valence-corrected chi connectivity index (χ0v) is 17.9. The summed E-state index contributed by atoms with van der Waals surface area (Å²) in [5.74, 6) is 0.613. The van der Waals surface area contributed by atoms with Gasteiger partial charge < -0.3 is 23.8 Å². The van der Waals surface area contributed by atoms with Crippen molar-refractivity contribution in [2.24, 2.45) is 7.05 Å². The van der Waals surface area contributed by atoms with Crippen LogP contribution in [0.5, 0.6) is 0 Å². The minimum absolute atomic E-state index is 0.0601. The van der Waals surface area contributed by atoms with E-state index in [1.807, 2.05) is 42.3 Å². The standard InChI is InChI=1S/C24H25N3O5/c1-26(15-20(28)21-9-6-10-31-21)13-17-11-18-22(29)19(14-27(2)24(18)32-17)23(30)25-12-16-7-4-3-5-8-16/h3-11,14,20,28H,12-13,15H2,1-2H3,(H,25,30)/t20-/m1/s1. The third-order valence-corrected chi connectivity index (χ3v) is 5.22. The molecule has 1 atom stereocenters. The Labute approximate surface area is 184 Å². The highest BCUT2D eigenvalue weighted by atomic mass is 16.4. The molecular formula is C24H25N3O5. The number of fused-ring (bicyclic) bond motifs is 1. The predicted octanol–water partition coefficient (Wildman–Crippen LogP) is 2.82. The fourth-order valence-corrected chi connectivity index (χ4v) is 3.62. The number of benzene rings is 1. The first kappa shape index (κ1) is 21.6. The summed E-state index contributed by atoms with van der Waals surface area (Å²) in [5, 5.41) is 13.4. The van der Waals surface area contributed by atoms with Crippen LogP contribution in [0.3, 0.4) is 0 Å². The van der Waals surface area contributed by atoms with Gasteiger partial charge in [-0.15, -0.1) is 0 Å². The van der Waals surface area contributed by atoms with Gasteiger partial charge in [-0.05, 0) is 30.8 Å². The number of aliphatic hydroxyl groups excluding tert-OH is 1. The van der Waals surface area contributed by atoms with Gasteiger partial charge in [-0.25, -0.2) is 0 Å². The van der Waals surface area contributed by atoms with E-state index in [-0.39, 0.29) is 11.0 Å². The van der Waals surface area contributed by atoms with Crippen molar-refractivity contribution in [2.75, 3.05) is 13.6 Å². The topological polar surface area (TPSA) is 101 Å². The van der Waals surface area contributed by atoms with Crippen LogP contribution in [0.25, 0.3) is 11.1 Å². The first-order chi connectivity index (χ1) is 15.4. The van der Waals surface area contributed by atoms with Crippen molar-refractivity contribution in [1.82, 2.24) is 14.8 Å². The maximum absolute atomic E-state index is 13.0. The van der Waals surface area contributed by atoms with Crippen molar-refractivity contribution >= 4 is 17.0 Å². The SMILES string of the molecule is CN(Cc1cc2c(=O)c(C(=O)NCc3ccccc3)cn(C)c2o1)C[C@@H](O)c1ccco1. The van der Waals surface area contributed by atoms with Gasteiger partial charge in [-0.3, -0.25) is 14.5 Å². The van der Waals surface area contributed by atoms with Gasteiger partial charge in [-0.1, -0.05) is 30.3 Å². The molecule has 0 bridgehead atoms. The smallest absolute Gasteiger partial charge is 0.257 e. The lowest BCUT2D eigenvalue weighted by Crippen LogP contribution is -2.29. The predicted molar refractivity (Wildman–Crippen MR) is 119 cm³/mol. The molecule has 0 aliphatic carbocycles. The first-order valence-corrected chi connectivity index (χ1v) is 10.3. The van der Waals surface area contributed by atoms with Crippen molar-refractivity contribution in [3.8, 4) is 0 Å². The van der Waals surface area contributed by atoms with Gasteiger partial charge in [0.15, 0.2) is 0 Å². The van der Waals surface area contributed by atoms with Crippen LogP contribution in [0, 0.1) is 0 Å². The number of carbonyl (C=O) groups is 1. The van der Waals surface area contributed by atoms with Gasteiger partial charge in [0, 0.05) is 26.3 Å². The number of aromatic nitrogens is 1. The molecule has 0 saturated heterocycles. The van der Waals surface area contributed by atoms with E-state index in [2.05, 4.69) is 5.32 Å². The van der Waals surface area contributed by atoms with E-state index in [1.165, 1.54) is 12.5 Å². The minimum Gasteiger partial charge on any atom is -0.467 e. The number of hydrogen-bond donors (Lipinski definition) is 2. The molecule has 2 N–H and O–H groups in total. The lowest BCUT2D eigenvalue weighted by atomic mass is 10.2. The van der Waals surface area contributed by atoms with Gasteiger partial charge in [0.05, 0.1) is 18.2 Å². The number of rotatable bonds is 8. The number of likely N-dealkylation sites (N-methyl/N-ethyl adjacent to an activating group) is 1. The average molecular weight is 435 g/mol. The Bertz CT molecular complexity index is 1260. The summed E-state index contributed by atoms with van der Waals surface area (Å²) in [7, 11) is 3.56. The number of aliphatic hydroxyl groups is 1. The van der Waals surface area contributed by atoms with E-state index >= 15 is 0 Å². The summed E-state index contributed by atoms with van der Waals surface area (Å²) in [6.45, 7) is 1.04. The van der Waals surface area contributed by atoms with Crippen molar-refractivity contribution < 1.29 is 18.7 Å². The molecule has 4 aromatic rings. The van der Waals surface area contributed by atoms with Crippen molar-refractivity contribution in [2.45, 2.75) is 19.2 Å². The third kappa shape index (κ3) is 4.66. The van der Waals surface area contributed by atoms with E-state index in [0.29, 0.717) is 42.3 Å². The van der Waals surface area contributed by atoms with E-state index in [4.69, 9.17) is 8.83 Å². The normalized spacial score (nSPS) is 12.4. The molecule has 0 spiro atoms. The van der Waals surface area contributed by atoms with Crippen LogP contribution in [0.4, 0.5) is 0 Å². The van der Waals surface area contributed by atoms with Crippen LogP contribution in [-0.4, -0.2) is 34.1 Å². The Hall–Kier alpha value is -3.62. The van der Waals surface area contributed by atoms with E-state index in [9.17, 15) is 14.7 Å². The highest BCUT2D eigenvalue weighted by Gasteiger charge is 2.19. The van der Waals surface area contributed by atoms with Crippen molar-refractivity contribution in [3.63, 3.8) is 0 Å². The minimum atomic E-state index is -0.773. The number of pyridine rings is 1. The molecule has 0 saturated carbocycles. The van der Waals surface area contributed by atoms with E-state index in [1.54, 1.807) is 29.8 Å². The lowest BCUT2D eigenvalue weighted by molar-refractivity contribution is 0.0949. The Morgan fingerprint density at radius 2 is 2.00 bits per heavy atom. The second kappa shape index (κ2) is 9.25. The van der Waals surface area contributed by atoms with Gasteiger partial charge in [0.1, 0.15) is 23.2 Å². The molecule has 3 aromatic heterocycles. The number of nitrogens with zero attached hydrogens (tertiary/aromatic N) is 2. The van der Waals surface area contributed by atoms with Crippen LogP contribution in [0.15, 0.2) is 74.6 Å². The summed E-state index contributed by atoms with van der Waals surface area (Å²) < 4.78 is 12.7. The molecule has 1 aromatic carbocycles. The first-order valence-electron chi connectivity index (χ1n) is 10.3. The van der Waals surface area contributed by atoms with E-state index < -0.39 is 12.0 Å². The number of aryl methyl sites for hydroxylation is 1. The number of carbonyl (C=O) groups excluding carboxylic acids is 1. The maximum Gasteiger partial charge on any atom is 0.257 e. The third-order valence-electron chi connectivity index (χ3n) is 5.22. The van der Waals surface area contributed by atoms with Gasteiger partial charge in [0.2, 0.25) is 11.1 Å². The van der Waals surface area contributed by atoms with Crippen LogP contribution in [0.2, 0.25) is 0 Å². The van der Waals surface area contributed by atoms with Gasteiger partial charge in [0.25, 0.3) is 5.91 Å². The Morgan fingerprint density at radius 3 is 2.72 bits per heavy atom. The highest BCUT2D eigenvalue weighted by Crippen LogP contribution is 2.20. The van der Waals surface area contributed by atoms with Gasteiger partial charge in [-0.2, -0.15) is 0 Å². The molecule has 32 heavy (non-hydrogen) atoms. The molecule has 0 unspecified atom stereocenters. The molecule has 8 nitrogen and oxygen atoms in total. The second-order valence-corrected chi connectivity index (χ2v) is 7.81.